The second-order valence-corrected chi connectivity index (χ2v) is 7.11. The lowest BCUT2D eigenvalue weighted by Gasteiger charge is -2.18. The largest absolute Gasteiger partial charge is 0.466 e. The zero-order valence-electron chi connectivity index (χ0n) is 11.1. The van der Waals surface area contributed by atoms with Crippen LogP contribution in [0.2, 0.25) is 0 Å². The van der Waals surface area contributed by atoms with Crippen LogP contribution < -0.4 is 4.72 Å². The van der Waals surface area contributed by atoms with Gasteiger partial charge < -0.3 is 9.46 Å². The Morgan fingerprint density at radius 3 is 2.59 bits per heavy atom. The zero-order chi connectivity index (χ0) is 13.2. The van der Waals surface area contributed by atoms with Crippen molar-refractivity contribution in [1.29, 1.82) is 0 Å². The molecule has 2 atom stereocenters. The molecule has 1 N–H and O–H groups in total. The average molecular weight is 259 g/mol. The number of allylic oxidation sites excluding steroid dienone is 1. The third-order valence-electron chi connectivity index (χ3n) is 2.54. The number of rotatable bonds is 4. The third-order valence-corrected chi connectivity index (χ3v) is 4.14. The molecule has 0 spiro atoms. The Morgan fingerprint density at radius 2 is 2.12 bits per heavy atom. The summed E-state index contributed by atoms with van der Waals surface area (Å²) in [7, 11) is -1.14. The highest BCUT2D eigenvalue weighted by Gasteiger charge is 2.40. The van der Waals surface area contributed by atoms with Gasteiger partial charge in [-0.25, -0.2) is 4.21 Å². The average Bonchev–Trinajstić information content (AvgIpc) is 2.95. The van der Waals surface area contributed by atoms with Gasteiger partial charge in [0, 0.05) is 5.70 Å². The molecule has 1 aliphatic carbocycles. The predicted molar refractivity (Wildman–Crippen MR) is 68.5 cm³/mol. The van der Waals surface area contributed by atoms with E-state index in [2.05, 4.69) is 4.72 Å². The Balaban J connectivity index is 2.58. The van der Waals surface area contributed by atoms with Crippen LogP contribution in [0.5, 0.6) is 0 Å². The molecule has 0 amide bonds. The summed E-state index contributed by atoms with van der Waals surface area (Å²) in [6, 6.07) is 0. The molecule has 98 valence electrons. The lowest BCUT2D eigenvalue weighted by molar-refractivity contribution is -0.144. The minimum atomic E-state index is -1.14. The normalized spacial score (nSPS) is 23.9. The number of hydrogen-bond donors (Lipinski definition) is 1. The summed E-state index contributed by atoms with van der Waals surface area (Å²) in [6.45, 7) is 9.78. The molecule has 5 heteroatoms. The van der Waals surface area contributed by atoms with E-state index in [1.165, 1.54) is 0 Å². The van der Waals surface area contributed by atoms with Crippen LogP contribution in [-0.4, -0.2) is 21.5 Å². The van der Waals surface area contributed by atoms with Gasteiger partial charge >= 0.3 is 5.97 Å². The predicted octanol–water partition coefficient (Wildman–Crippen LogP) is 1.90. The molecule has 0 saturated heterocycles. The first-order chi connectivity index (χ1) is 7.77. The summed E-state index contributed by atoms with van der Waals surface area (Å²) in [6.07, 6.45) is 0.721. The Labute approximate surface area is 105 Å². The number of nitrogens with one attached hydrogen (secondary N) is 1. The maximum atomic E-state index is 11.9. The molecule has 1 rings (SSSR count). The minimum absolute atomic E-state index is 0.126. The zero-order valence-corrected chi connectivity index (χ0v) is 11.9. The maximum Gasteiger partial charge on any atom is 0.313 e. The van der Waals surface area contributed by atoms with Crippen molar-refractivity contribution < 1.29 is 13.7 Å². The highest BCUT2D eigenvalue weighted by molar-refractivity contribution is 7.84. The first-order valence-electron chi connectivity index (χ1n) is 5.82. The van der Waals surface area contributed by atoms with E-state index in [4.69, 9.17) is 4.74 Å². The van der Waals surface area contributed by atoms with Gasteiger partial charge in [-0.15, -0.1) is 0 Å². The summed E-state index contributed by atoms with van der Waals surface area (Å²) >= 11 is 0. The van der Waals surface area contributed by atoms with Gasteiger partial charge in [-0.2, -0.15) is 0 Å². The topological polar surface area (TPSA) is 55.4 Å². The van der Waals surface area contributed by atoms with Crippen LogP contribution in [0.15, 0.2) is 11.3 Å². The smallest absolute Gasteiger partial charge is 0.313 e. The van der Waals surface area contributed by atoms with Gasteiger partial charge in [0.1, 0.15) is 11.0 Å². The standard InChI is InChI=1S/C12H21NO3S/c1-6-16-11(14)10-7-9(10)8(2)13-17(15)12(3,4)5/h10,13H,6-7H2,1-5H3/t10-,17-/m1/s1. The van der Waals surface area contributed by atoms with Crippen LogP contribution in [0.25, 0.3) is 0 Å². The fraction of sp³-hybridized carbons (Fsp3) is 0.750. The molecule has 17 heavy (non-hydrogen) atoms. The van der Waals surface area contributed by atoms with Crippen LogP contribution in [0.1, 0.15) is 41.0 Å². The summed E-state index contributed by atoms with van der Waals surface area (Å²) in [4.78, 5) is 11.4. The molecular weight excluding hydrogens is 238 g/mol. The lowest BCUT2D eigenvalue weighted by atomic mass is 10.3. The number of carbonyl (C=O) groups excluding carboxylic acids is 1. The van der Waals surface area contributed by atoms with E-state index < -0.39 is 11.0 Å². The van der Waals surface area contributed by atoms with Crippen molar-refractivity contribution in [2.45, 2.75) is 45.8 Å². The molecule has 0 unspecified atom stereocenters. The Kier molecular flexibility index (Phi) is 4.36. The van der Waals surface area contributed by atoms with Crippen molar-refractivity contribution in [2.75, 3.05) is 6.61 Å². The number of hydrogen-bond acceptors (Lipinski definition) is 3. The molecule has 0 aromatic carbocycles. The molecule has 1 fully saturated rings. The molecule has 1 saturated carbocycles. The van der Waals surface area contributed by atoms with Crippen LogP contribution in [0.4, 0.5) is 0 Å². The van der Waals surface area contributed by atoms with Gasteiger partial charge in [0.2, 0.25) is 0 Å². The van der Waals surface area contributed by atoms with Crippen molar-refractivity contribution in [2.24, 2.45) is 5.92 Å². The molecule has 0 aromatic heterocycles. The van der Waals surface area contributed by atoms with Gasteiger partial charge in [0.15, 0.2) is 0 Å². The van der Waals surface area contributed by atoms with E-state index in [0.717, 1.165) is 17.7 Å². The van der Waals surface area contributed by atoms with Crippen LogP contribution in [0, 0.1) is 5.92 Å². The van der Waals surface area contributed by atoms with Gasteiger partial charge in [-0.1, -0.05) is 0 Å². The Hall–Kier alpha value is -0.840. The van der Waals surface area contributed by atoms with Crippen LogP contribution >= 0.6 is 0 Å². The highest BCUT2D eigenvalue weighted by atomic mass is 32.2. The lowest BCUT2D eigenvalue weighted by Crippen LogP contribution is -2.32. The SMILES string of the molecule is CCOC(=O)[C@@H]1CC1=C(C)N[S@](=O)C(C)(C)C. The molecule has 0 heterocycles. The van der Waals surface area contributed by atoms with Crippen molar-refractivity contribution >= 4 is 17.0 Å². The van der Waals surface area contributed by atoms with Crippen molar-refractivity contribution in [1.82, 2.24) is 4.72 Å². The number of esters is 1. The minimum Gasteiger partial charge on any atom is -0.466 e. The summed E-state index contributed by atoms with van der Waals surface area (Å²) in [5.74, 6) is -0.301. The van der Waals surface area contributed by atoms with Crippen molar-refractivity contribution in [3.8, 4) is 0 Å². The summed E-state index contributed by atoms with van der Waals surface area (Å²) in [5, 5.41) is 0. The van der Waals surface area contributed by atoms with E-state index in [1.807, 2.05) is 27.7 Å². The van der Waals surface area contributed by atoms with Gasteiger partial charge in [-0.3, -0.25) is 4.79 Å². The first kappa shape index (κ1) is 14.2. The quantitative estimate of drug-likeness (QED) is 0.784. The van der Waals surface area contributed by atoms with Gasteiger partial charge in [0.05, 0.1) is 17.3 Å². The van der Waals surface area contributed by atoms with Crippen molar-refractivity contribution in [3.05, 3.63) is 11.3 Å². The van der Waals surface area contributed by atoms with Crippen LogP contribution in [-0.2, 0) is 20.5 Å². The fourth-order valence-electron chi connectivity index (χ4n) is 1.40. The van der Waals surface area contributed by atoms with E-state index in [1.54, 1.807) is 6.92 Å². The maximum absolute atomic E-state index is 11.9. The first-order valence-corrected chi connectivity index (χ1v) is 6.97. The monoisotopic (exact) mass is 259 g/mol. The van der Waals surface area contributed by atoms with E-state index in [0.29, 0.717) is 6.61 Å². The van der Waals surface area contributed by atoms with E-state index >= 15 is 0 Å². The third kappa shape index (κ3) is 3.84. The Bertz CT molecular complexity index is 368. The molecule has 0 aromatic rings. The number of ether oxygens (including phenoxy) is 1. The van der Waals surface area contributed by atoms with Gasteiger partial charge in [0.25, 0.3) is 0 Å². The fourth-order valence-corrected chi connectivity index (χ4v) is 2.12. The van der Waals surface area contributed by atoms with Crippen LogP contribution in [0.3, 0.4) is 0 Å². The van der Waals surface area contributed by atoms with Crippen molar-refractivity contribution in [3.63, 3.8) is 0 Å². The van der Waals surface area contributed by atoms with Gasteiger partial charge in [-0.05, 0) is 46.6 Å². The molecule has 0 radical (unpaired) electrons. The summed E-state index contributed by atoms with van der Waals surface area (Å²) < 4.78 is 19.4. The molecule has 1 aliphatic rings. The van der Waals surface area contributed by atoms with E-state index in [-0.39, 0.29) is 16.6 Å². The second-order valence-electron chi connectivity index (χ2n) is 5.14. The molecule has 0 bridgehead atoms. The second kappa shape index (κ2) is 5.21. The molecule has 0 aliphatic heterocycles. The van der Waals surface area contributed by atoms with E-state index in [9.17, 15) is 9.00 Å². The highest BCUT2D eigenvalue weighted by Crippen LogP contribution is 2.40. The summed E-state index contributed by atoms with van der Waals surface area (Å²) in [5.41, 5.74) is 1.86. The number of carbonyl (C=O) groups is 1. The molecule has 4 nitrogen and oxygen atoms in total. The Morgan fingerprint density at radius 1 is 1.53 bits per heavy atom. The molecular formula is C12H21NO3S.